The Kier molecular flexibility index (Phi) is 7.48. The van der Waals surface area contributed by atoms with Crippen LogP contribution in [0.4, 0.5) is 0 Å². The van der Waals surface area contributed by atoms with Crippen molar-refractivity contribution in [3.05, 3.63) is 26.7 Å². The van der Waals surface area contributed by atoms with E-state index >= 15 is 0 Å². The lowest BCUT2D eigenvalue weighted by Gasteiger charge is -2.17. The predicted molar refractivity (Wildman–Crippen MR) is 93.6 cm³/mol. The van der Waals surface area contributed by atoms with Gasteiger partial charge in [-0.05, 0) is 19.1 Å². The third-order valence-electron chi connectivity index (χ3n) is 2.74. The van der Waals surface area contributed by atoms with Gasteiger partial charge in [0.1, 0.15) is 11.4 Å². The van der Waals surface area contributed by atoms with Gasteiger partial charge in [-0.2, -0.15) is 4.72 Å². The molecule has 1 atom stereocenters. The molecule has 0 heterocycles. The van der Waals surface area contributed by atoms with Crippen molar-refractivity contribution in [3.63, 3.8) is 0 Å². The zero-order valence-corrected chi connectivity index (χ0v) is 16.9. The fourth-order valence-electron chi connectivity index (χ4n) is 1.66. The number of likely N-dealkylation sites (N-methyl/N-ethyl adjacent to an activating group) is 1. The van der Waals surface area contributed by atoms with E-state index in [4.69, 9.17) is 27.9 Å². The molecule has 0 radical (unpaired) electrons. The highest BCUT2D eigenvalue weighted by Crippen LogP contribution is 2.32. The summed E-state index contributed by atoms with van der Waals surface area (Å²) in [6, 6.07) is 2.72. The molecule has 7 nitrogen and oxygen atoms in total. The Labute approximate surface area is 158 Å². The van der Waals surface area contributed by atoms with E-state index in [1.807, 2.05) is 4.72 Å². The van der Waals surface area contributed by atoms with E-state index in [0.717, 1.165) is 0 Å². The number of esters is 1. The molecular formula is C13H15BrCl2N2O5S. The maximum atomic E-state index is 12.2. The molecule has 1 rings (SSSR count). The fraction of sp³-hybridized carbons (Fsp3) is 0.385. The molecule has 0 aliphatic carbocycles. The van der Waals surface area contributed by atoms with Gasteiger partial charge in [0, 0.05) is 18.6 Å². The van der Waals surface area contributed by atoms with Crippen LogP contribution in [0.2, 0.25) is 10.0 Å². The van der Waals surface area contributed by atoms with Crippen LogP contribution in [0.5, 0.6) is 0 Å². The molecule has 1 unspecified atom stereocenters. The summed E-state index contributed by atoms with van der Waals surface area (Å²) in [4.78, 5) is 24.2. The highest BCUT2D eigenvalue weighted by atomic mass is 79.9. The van der Waals surface area contributed by atoms with Crippen LogP contribution in [0.1, 0.15) is 6.92 Å². The van der Waals surface area contributed by atoms with E-state index in [1.54, 1.807) is 0 Å². The molecule has 0 fully saturated rings. The van der Waals surface area contributed by atoms with E-state index < -0.39 is 34.5 Å². The molecule has 11 heteroatoms. The summed E-state index contributed by atoms with van der Waals surface area (Å²) in [5.74, 6) is -1.34. The normalized spacial score (nSPS) is 12.6. The van der Waals surface area contributed by atoms with Crippen LogP contribution in [0, 0.1) is 0 Å². The number of amides is 1. The van der Waals surface area contributed by atoms with Crippen molar-refractivity contribution in [3.8, 4) is 0 Å². The predicted octanol–water partition coefficient (Wildman–Crippen LogP) is 2.05. The Morgan fingerprint density at radius 3 is 2.25 bits per heavy atom. The smallest absolute Gasteiger partial charge is 0.321 e. The molecule has 0 aliphatic heterocycles. The molecule has 1 aromatic rings. The number of nitrogens with one attached hydrogen (secondary N) is 1. The minimum atomic E-state index is -4.14. The van der Waals surface area contributed by atoms with Crippen molar-refractivity contribution in [2.24, 2.45) is 0 Å². The van der Waals surface area contributed by atoms with Gasteiger partial charge in [0.05, 0.1) is 10.0 Å². The molecule has 0 saturated carbocycles. The van der Waals surface area contributed by atoms with E-state index in [0.29, 0.717) is 4.47 Å². The van der Waals surface area contributed by atoms with Crippen molar-refractivity contribution in [1.29, 1.82) is 0 Å². The van der Waals surface area contributed by atoms with Gasteiger partial charge in [-0.15, -0.1) is 0 Å². The number of carbonyl (C=O) groups excluding carboxylic acids is 2. The molecule has 0 aromatic heterocycles. The Hall–Kier alpha value is -0.870. The van der Waals surface area contributed by atoms with Gasteiger partial charge in [-0.25, -0.2) is 8.42 Å². The summed E-state index contributed by atoms with van der Waals surface area (Å²) in [5, 5.41) is -0.210. The van der Waals surface area contributed by atoms with E-state index in [9.17, 15) is 18.0 Å². The average molecular weight is 462 g/mol. The van der Waals surface area contributed by atoms with Crippen molar-refractivity contribution in [2.75, 3.05) is 20.6 Å². The molecule has 1 N–H and O–H groups in total. The van der Waals surface area contributed by atoms with Crippen LogP contribution < -0.4 is 4.72 Å². The standard InChI is InChI=1S/C13H15BrCl2N2O5S/c1-7(13(20)18(2)3)23-11(19)6-17-24(21,22)12-9(15)4-8(14)5-10(12)16/h4-5,7,17H,6H2,1-3H3. The molecule has 0 spiro atoms. The summed E-state index contributed by atoms with van der Waals surface area (Å²) in [7, 11) is -1.12. The molecule has 24 heavy (non-hydrogen) atoms. The van der Waals surface area contributed by atoms with Gasteiger partial charge in [-0.1, -0.05) is 39.1 Å². The van der Waals surface area contributed by atoms with Gasteiger partial charge < -0.3 is 9.64 Å². The summed E-state index contributed by atoms with van der Waals surface area (Å²) in [6.07, 6.45) is -1.03. The topological polar surface area (TPSA) is 92.8 Å². The first kappa shape index (κ1) is 21.2. The molecule has 1 amide bonds. The Bertz CT molecular complexity index is 732. The number of rotatable bonds is 6. The van der Waals surface area contributed by atoms with Crippen molar-refractivity contribution < 1.29 is 22.7 Å². The molecule has 0 saturated heterocycles. The molecular weight excluding hydrogens is 447 g/mol. The second kappa shape index (κ2) is 8.48. The highest BCUT2D eigenvalue weighted by molar-refractivity contribution is 9.10. The first-order chi connectivity index (χ1) is 11.0. The second-order valence-corrected chi connectivity index (χ2v) is 8.32. The lowest BCUT2D eigenvalue weighted by Crippen LogP contribution is -2.38. The van der Waals surface area contributed by atoms with Crippen LogP contribution in [-0.4, -0.2) is 51.9 Å². The fourth-order valence-corrected chi connectivity index (χ4v) is 4.57. The monoisotopic (exact) mass is 460 g/mol. The molecule has 0 bridgehead atoms. The zero-order chi connectivity index (χ0) is 18.7. The first-order valence-electron chi connectivity index (χ1n) is 6.50. The number of halogens is 3. The number of hydrogen-bond donors (Lipinski definition) is 1. The minimum absolute atomic E-state index is 0.105. The van der Waals surface area contributed by atoms with Gasteiger partial charge in [-0.3, -0.25) is 9.59 Å². The third kappa shape index (κ3) is 5.59. The summed E-state index contributed by atoms with van der Waals surface area (Å²) < 4.78 is 31.9. The number of benzene rings is 1. The molecule has 134 valence electrons. The summed E-state index contributed by atoms with van der Waals surface area (Å²) >= 11 is 14.9. The average Bonchev–Trinajstić information content (AvgIpc) is 2.42. The van der Waals surface area contributed by atoms with Crippen molar-refractivity contribution in [2.45, 2.75) is 17.9 Å². The highest BCUT2D eigenvalue weighted by Gasteiger charge is 2.25. The van der Waals surface area contributed by atoms with Crippen molar-refractivity contribution in [1.82, 2.24) is 9.62 Å². The molecule has 0 aliphatic rings. The van der Waals surface area contributed by atoms with Gasteiger partial charge >= 0.3 is 5.97 Å². The van der Waals surface area contributed by atoms with Gasteiger partial charge in [0.2, 0.25) is 10.0 Å². The minimum Gasteiger partial charge on any atom is -0.452 e. The number of ether oxygens (including phenoxy) is 1. The Morgan fingerprint density at radius 2 is 1.79 bits per heavy atom. The lowest BCUT2D eigenvalue weighted by atomic mass is 10.3. The van der Waals surface area contributed by atoms with Crippen LogP contribution in [-0.2, 0) is 24.3 Å². The maximum Gasteiger partial charge on any atom is 0.321 e. The van der Waals surface area contributed by atoms with Crippen molar-refractivity contribution >= 4 is 61.0 Å². The maximum absolute atomic E-state index is 12.2. The number of nitrogens with zero attached hydrogens (tertiary/aromatic N) is 1. The largest absolute Gasteiger partial charge is 0.452 e. The van der Waals surface area contributed by atoms with Crippen LogP contribution >= 0.6 is 39.1 Å². The second-order valence-electron chi connectivity index (χ2n) is 4.89. The first-order valence-corrected chi connectivity index (χ1v) is 9.53. The SMILES string of the molecule is CC(OC(=O)CNS(=O)(=O)c1c(Cl)cc(Br)cc1Cl)C(=O)N(C)C. The zero-order valence-electron chi connectivity index (χ0n) is 13.0. The van der Waals surface area contributed by atoms with Crippen LogP contribution in [0.3, 0.4) is 0 Å². The van der Waals surface area contributed by atoms with E-state index in [-0.39, 0.29) is 14.9 Å². The van der Waals surface area contributed by atoms with Crippen LogP contribution in [0.25, 0.3) is 0 Å². The Morgan fingerprint density at radius 1 is 1.29 bits per heavy atom. The Balaban J connectivity index is 2.80. The summed E-state index contributed by atoms with van der Waals surface area (Å²) in [6.45, 7) is 0.716. The number of sulfonamides is 1. The van der Waals surface area contributed by atoms with Gasteiger partial charge in [0.15, 0.2) is 6.10 Å². The van der Waals surface area contributed by atoms with Crippen LogP contribution in [0.15, 0.2) is 21.5 Å². The number of carbonyl (C=O) groups is 2. The van der Waals surface area contributed by atoms with E-state index in [2.05, 4.69) is 15.9 Å². The van der Waals surface area contributed by atoms with Gasteiger partial charge in [0.25, 0.3) is 5.91 Å². The number of hydrogen-bond acceptors (Lipinski definition) is 5. The summed E-state index contributed by atoms with van der Waals surface area (Å²) in [5.41, 5.74) is 0. The quantitative estimate of drug-likeness (QED) is 0.654. The van der Waals surface area contributed by atoms with E-state index in [1.165, 1.54) is 38.1 Å². The molecule has 1 aromatic carbocycles. The lowest BCUT2D eigenvalue weighted by molar-refractivity contribution is -0.156. The third-order valence-corrected chi connectivity index (χ3v) is 5.51.